The van der Waals surface area contributed by atoms with E-state index in [4.69, 9.17) is 14.0 Å². The molecule has 0 radical (unpaired) electrons. The SMILES string of the molecule is COc1cnc(OC2CCN(C(=O)c3onc4c3CCCC4)CC2)nc1. The molecule has 0 bridgehead atoms. The number of methoxy groups -OCH3 is 1. The summed E-state index contributed by atoms with van der Waals surface area (Å²) in [5, 5.41) is 4.08. The van der Waals surface area contributed by atoms with Gasteiger partial charge in [-0.05, 0) is 25.7 Å². The Bertz CT molecular complexity index is 766. The Kier molecular flexibility index (Phi) is 4.73. The Morgan fingerprint density at radius 1 is 1.19 bits per heavy atom. The van der Waals surface area contributed by atoms with E-state index < -0.39 is 0 Å². The molecule has 8 heteroatoms. The smallest absolute Gasteiger partial charge is 0.316 e. The molecule has 1 fully saturated rings. The maximum Gasteiger partial charge on any atom is 0.316 e. The summed E-state index contributed by atoms with van der Waals surface area (Å²) in [6, 6.07) is 0.333. The average Bonchev–Trinajstić information content (AvgIpc) is 3.13. The lowest BCUT2D eigenvalue weighted by atomic mass is 9.95. The van der Waals surface area contributed by atoms with Crippen LogP contribution >= 0.6 is 0 Å². The summed E-state index contributed by atoms with van der Waals surface area (Å²) in [4.78, 5) is 22.9. The molecule has 26 heavy (non-hydrogen) atoms. The lowest BCUT2D eigenvalue weighted by molar-refractivity contribution is 0.0541. The van der Waals surface area contributed by atoms with Crippen molar-refractivity contribution < 1.29 is 18.8 Å². The summed E-state index contributed by atoms with van der Waals surface area (Å²) in [6.45, 7) is 1.24. The van der Waals surface area contributed by atoms with Crippen molar-refractivity contribution in [2.24, 2.45) is 0 Å². The number of amides is 1. The third-order valence-corrected chi connectivity index (χ3v) is 5.00. The van der Waals surface area contributed by atoms with E-state index in [9.17, 15) is 4.79 Å². The van der Waals surface area contributed by atoms with Crippen molar-refractivity contribution in [3.8, 4) is 11.8 Å². The van der Waals surface area contributed by atoms with Gasteiger partial charge in [0.25, 0.3) is 5.91 Å². The summed E-state index contributed by atoms with van der Waals surface area (Å²) in [7, 11) is 1.57. The molecule has 0 unspecified atom stereocenters. The van der Waals surface area contributed by atoms with Gasteiger partial charge in [-0.2, -0.15) is 9.97 Å². The fraction of sp³-hybridized carbons (Fsp3) is 0.556. The van der Waals surface area contributed by atoms with Gasteiger partial charge in [0.15, 0.2) is 5.75 Å². The van der Waals surface area contributed by atoms with E-state index >= 15 is 0 Å². The number of rotatable bonds is 4. The second-order valence-electron chi connectivity index (χ2n) is 6.66. The van der Waals surface area contributed by atoms with Gasteiger partial charge in [0.1, 0.15) is 6.10 Å². The number of aryl methyl sites for hydroxylation is 1. The number of carbonyl (C=O) groups excluding carboxylic acids is 1. The van der Waals surface area contributed by atoms with Crippen LogP contribution in [0.15, 0.2) is 16.9 Å². The average molecular weight is 358 g/mol. The molecule has 138 valence electrons. The first-order chi connectivity index (χ1) is 12.7. The molecule has 0 saturated carbocycles. The van der Waals surface area contributed by atoms with Gasteiger partial charge in [0, 0.05) is 31.5 Å². The van der Waals surface area contributed by atoms with E-state index in [0.29, 0.717) is 30.6 Å². The largest absolute Gasteiger partial charge is 0.494 e. The number of hydrogen-bond donors (Lipinski definition) is 0. The predicted molar refractivity (Wildman–Crippen MR) is 91.3 cm³/mol. The number of likely N-dealkylation sites (tertiary alicyclic amines) is 1. The van der Waals surface area contributed by atoms with E-state index in [0.717, 1.165) is 49.8 Å². The number of ether oxygens (including phenoxy) is 2. The number of hydrogen-bond acceptors (Lipinski definition) is 7. The van der Waals surface area contributed by atoms with E-state index in [1.807, 2.05) is 4.90 Å². The quantitative estimate of drug-likeness (QED) is 0.826. The van der Waals surface area contributed by atoms with Crippen molar-refractivity contribution in [2.45, 2.75) is 44.6 Å². The summed E-state index contributed by atoms with van der Waals surface area (Å²) in [5.41, 5.74) is 1.96. The van der Waals surface area contributed by atoms with Crippen LogP contribution in [0, 0.1) is 0 Å². The summed E-state index contributed by atoms with van der Waals surface area (Å²) >= 11 is 0. The molecule has 2 aliphatic rings. The van der Waals surface area contributed by atoms with Crippen molar-refractivity contribution in [3.05, 3.63) is 29.4 Å². The highest BCUT2D eigenvalue weighted by Gasteiger charge is 2.31. The Morgan fingerprint density at radius 2 is 1.92 bits per heavy atom. The van der Waals surface area contributed by atoms with Crippen LogP contribution < -0.4 is 9.47 Å². The van der Waals surface area contributed by atoms with E-state index in [1.165, 1.54) is 0 Å². The normalized spacial score (nSPS) is 17.7. The van der Waals surface area contributed by atoms with Gasteiger partial charge in [-0.3, -0.25) is 4.79 Å². The van der Waals surface area contributed by atoms with Gasteiger partial charge in [-0.1, -0.05) is 5.16 Å². The fourth-order valence-electron chi connectivity index (χ4n) is 3.50. The van der Waals surface area contributed by atoms with Gasteiger partial charge < -0.3 is 18.9 Å². The van der Waals surface area contributed by atoms with Crippen LogP contribution in [0.3, 0.4) is 0 Å². The molecule has 0 aromatic carbocycles. The van der Waals surface area contributed by atoms with Crippen LogP contribution in [0.1, 0.15) is 47.5 Å². The maximum atomic E-state index is 12.8. The Labute approximate surface area is 151 Å². The molecule has 2 aromatic heterocycles. The minimum atomic E-state index is -0.0557. The molecular formula is C18H22N4O4. The molecule has 1 saturated heterocycles. The number of fused-ring (bicyclic) bond motifs is 1. The molecule has 1 aliphatic carbocycles. The zero-order valence-electron chi connectivity index (χ0n) is 14.8. The molecule has 1 aliphatic heterocycles. The van der Waals surface area contributed by atoms with Crippen LogP contribution in [-0.2, 0) is 12.8 Å². The Hall–Kier alpha value is -2.64. The number of aromatic nitrogens is 3. The number of carbonyl (C=O) groups is 1. The van der Waals surface area contributed by atoms with Gasteiger partial charge in [0.2, 0.25) is 5.76 Å². The van der Waals surface area contributed by atoms with Gasteiger partial charge in [-0.15, -0.1) is 0 Å². The van der Waals surface area contributed by atoms with Crippen LogP contribution in [0.5, 0.6) is 11.8 Å². The molecule has 0 N–H and O–H groups in total. The zero-order chi connectivity index (χ0) is 17.9. The lowest BCUT2D eigenvalue weighted by Gasteiger charge is -2.31. The molecule has 4 rings (SSSR count). The summed E-state index contributed by atoms with van der Waals surface area (Å²) in [5.74, 6) is 0.963. The molecule has 0 atom stereocenters. The third-order valence-electron chi connectivity index (χ3n) is 5.00. The molecule has 8 nitrogen and oxygen atoms in total. The molecule has 3 heterocycles. The minimum Gasteiger partial charge on any atom is -0.494 e. The monoisotopic (exact) mass is 358 g/mol. The molecule has 1 amide bonds. The van der Waals surface area contributed by atoms with Crippen molar-refractivity contribution in [1.29, 1.82) is 0 Å². The maximum absolute atomic E-state index is 12.8. The Balaban J connectivity index is 1.34. The summed E-state index contributed by atoms with van der Waals surface area (Å²) in [6.07, 6.45) is 8.61. The first-order valence-electron chi connectivity index (χ1n) is 9.04. The zero-order valence-corrected chi connectivity index (χ0v) is 14.8. The number of piperidine rings is 1. The fourth-order valence-corrected chi connectivity index (χ4v) is 3.50. The van der Waals surface area contributed by atoms with Gasteiger partial charge in [-0.25, -0.2) is 0 Å². The minimum absolute atomic E-state index is 0.00362. The second kappa shape index (κ2) is 7.31. The predicted octanol–water partition coefficient (Wildman–Crippen LogP) is 2.04. The van der Waals surface area contributed by atoms with Crippen LogP contribution in [0.2, 0.25) is 0 Å². The third kappa shape index (κ3) is 3.36. The van der Waals surface area contributed by atoms with Crippen molar-refractivity contribution in [2.75, 3.05) is 20.2 Å². The standard InChI is InChI=1S/C18H22N4O4/c1-24-13-10-19-18(20-11-13)25-12-6-8-22(9-7-12)17(23)16-14-4-2-3-5-15(14)21-26-16/h10-12H,2-9H2,1H3. The van der Waals surface area contributed by atoms with Crippen LogP contribution in [0.4, 0.5) is 0 Å². The van der Waals surface area contributed by atoms with Crippen molar-refractivity contribution in [3.63, 3.8) is 0 Å². The molecular weight excluding hydrogens is 336 g/mol. The van der Waals surface area contributed by atoms with E-state index in [-0.39, 0.29) is 12.0 Å². The van der Waals surface area contributed by atoms with Crippen molar-refractivity contribution in [1.82, 2.24) is 20.0 Å². The van der Waals surface area contributed by atoms with Crippen LogP contribution in [0.25, 0.3) is 0 Å². The van der Waals surface area contributed by atoms with Crippen molar-refractivity contribution >= 4 is 5.91 Å². The lowest BCUT2D eigenvalue weighted by Crippen LogP contribution is -2.42. The van der Waals surface area contributed by atoms with E-state index in [1.54, 1.807) is 19.5 Å². The first kappa shape index (κ1) is 16.8. The first-order valence-corrected chi connectivity index (χ1v) is 9.04. The molecule has 0 spiro atoms. The summed E-state index contributed by atoms with van der Waals surface area (Å²) < 4.78 is 16.2. The van der Waals surface area contributed by atoms with Crippen LogP contribution in [-0.4, -0.2) is 52.2 Å². The highest BCUT2D eigenvalue weighted by atomic mass is 16.5. The van der Waals surface area contributed by atoms with E-state index in [2.05, 4.69) is 15.1 Å². The highest BCUT2D eigenvalue weighted by Crippen LogP contribution is 2.26. The highest BCUT2D eigenvalue weighted by molar-refractivity contribution is 5.93. The topological polar surface area (TPSA) is 90.6 Å². The molecule has 2 aromatic rings. The van der Waals surface area contributed by atoms with Gasteiger partial charge >= 0.3 is 6.01 Å². The Morgan fingerprint density at radius 3 is 2.65 bits per heavy atom. The number of nitrogens with zero attached hydrogens (tertiary/aromatic N) is 4. The second-order valence-corrected chi connectivity index (χ2v) is 6.66. The van der Waals surface area contributed by atoms with Gasteiger partial charge in [0.05, 0.1) is 25.2 Å².